The van der Waals surface area contributed by atoms with Crippen LogP contribution in [0.15, 0.2) is 0 Å². The molecule has 15 heavy (non-hydrogen) atoms. The Morgan fingerprint density at radius 2 is 2.00 bits per heavy atom. The molecule has 0 aromatic rings. The van der Waals surface area contributed by atoms with Gasteiger partial charge in [-0.3, -0.25) is 0 Å². The van der Waals surface area contributed by atoms with Gasteiger partial charge >= 0.3 is 6.18 Å². The van der Waals surface area contributed by atoms with Crippen molar-refractivity contribution in [2.45, 2.75) is 50.9 Å². The Hall–Kier alpha value is -0.290. The maximum atomic E-state index is 12.4. The highest BCUT2D eigenvalue weighted by Gasteiger charge is 2.44. The Kier molecular flexibility index (Phi) is 4.40. The number of hydrogen-bond donors (Lipinski definition) is 1. The maximum Gasteiger partial charge on any atom is 0.391 e. The molecule has 0 aliphatic heterocycles. The molecule has 2 N–H and O–H groups in total. The molecule has 0 aromatic carbocycles. The number of alkyl halides is 3. The molecular formula is C10H18F3NO. The third kappa shape index (κ3) is 3.65. The molecule has 1 aliphatic carbocycles. The van der Waals surface area contributed by atoms with Crippen LogP contribution < -0.4 is 5.73 Å². The predicted octanol–water partition coefficient (Wildman–Crippen LogP) is 2.47. The van der Waals surface area contributed by atoms with Crippen LogP contribution in [0.3, 0.4) is 0 Å². The largest absolute Gasteiger partial charge is 0.391 e. The molecule has 0 saturated heterocycles. The van der Waals surface area contributed by atoms with Crippen molar-refractivity contribution in [2.75, 3.05) is 6.61 Å². The van der Waals surface area contributed by atoms with Gasteiger partial charge in [-0.05, 0) is 25.7 Å². The van der Waals surface area contributed by atoms with Gasteiger partial charge in [0.15, 0.2) is 0 Å². The standard InChI is InChI=1S/C10H18F3NO/c1-2-5-15-9-4-3-7(6-8(9)14)10(11,12)13/h7-9H,2-6,14H2,1H3/t7-,8-,9-/m0/s1. The first-order valence-corrected chi connectivity index (χ1v) is 5.39. The smallest absolute Gasteiger partial charge is 0.377 e. The second-order valence-electron chi connectivity index (χ2n) is 4.12. The summed E-state index contributed by atoms with van der Waals surface area (Å²) in [4.78, 5) is 0. The molecule has 90 valence electrons. The zero-order chi connectivity index (χ0) is 11.5. The summed E-state index contributed by atoms with van der Waals surface area (Å²) in [6.07, 6.45) is -2.86. The molecule has 0 radical (unpaired) electrons. The fraction of sp³-hybridized carbons (Fsp3) is 1.00. The molecule has 0 amide bonds. The lowest BCUT2D eigenvalue weighted by Crippen LogP contribution is -2.45. The highest BCUT2D eigenvalue weighted by atomic mass is 19.4. The first kappa shape index (κ1) is 12.8. The maximum absolute atomic E-state index is 12.4. The van der Waals surface area contributed by atoms with Crippen molar-refractivity contribution < 1.29 is 17.9 Å². The minimum atomic E-state index is -4.10. The van der Waals surface area contributed by atoms with Crippen LogP contribution in [0.5, 0.6) is 0 Å². The minimum absolute atomic E-state index is 0.00210. The van der Waals surface area contributed by atoms with E-state index in [-0.39, 0.29) is 18.9 Å². The lowest BCUT2D eigenvalue weighted by Gasteiger charge is -2.34. The highest BCUT2D eigenvalue weighted by Crippen LogP contribution is 2.37. The Bertz CT molecular complexity index is 196. The number of halogens is 3. The van der Waals surface area contributed by atoms with E-state index in [1.54, 1.807) is 0 Å². The molecule has 0 spiro atoms. The molecule has 0 bridgehead atoms. The Labute approximate surface area is 88.0 Å². The fourth-order valence-corrected chi connectivity index (χ4v) is 1.95. The van der Waals surface area contributed by atoms with Crippen LogP contribution in [0.4, 0.5) is 13.2 Å². The quantitative estimate of drug-likeness (QED) is 0.800. The van der Waals surface area contributed by atoms with Gasteiger partial charge in [0.25, 0.3) is 0 Å². The molecule has 3 atom stereocenters. The average Bonchev–Trinajstić information content (AvgIpc) is 2.14. The van der Waals surface area contributed by atoms with Crippen molar-refractivity contribution in [2.24, 2.45) is 11.7 Å². The van der Waals surface area contributed by atoms with E-state index in [9.17, 15) is 13.2 Å². The molecule has 5 heteroatoms. The van der Waals surface area contributed by atoms with E-state index in [2.05, 4.69) is 0 Å². The zero-order valence-electron chi connectivity index (χ0n) is 8.89. The van der Waals surface area contributed by atoms with Crippen LogP contribution in [-0.2, 0) is 4.74 Å². The molecule has 1 saturated carbocycles. The van der Waals surface area contributed by atoms with Gasteiger partial charge in [-0.15, -0.1) is 0 Å². The normalized spacial score (nSPS) is 33.0. The Balaban J connectivity index is 2.41. The molecule has 0 heterocycles. The summed E-state index contributed by atoms with van der Waals surface area (Å²) in [5, 5.41) is 0. The number of nitrogens with two attached hydrogens (primary N) is 1. The van der Waals surface area contributed by atoms with Gasteiger partial charge in [0.2, 0.25) is 0 Å². The first-order chi connectivity index (χ1) is 6.95. The van der Waals surface area contributed by atoms with Crippen LogP contribution in [0, 0.1) is 5.92 Å². The van der Waals surface area contributed by atoms with E-state index < -0.39 is 18.1 Å². The van der Waals surface area contributed by atoms with Crippen molar-refractivity contribution in [1.29, 1.82) is 0 Å². The van der Waals surface area contributed by atoms with Gasteiger partial charge in [0.1, 0.15) is 0 Å². The zero-order valence-corrected chi connectivity index (χ0v) is 8.89. The van der Waals surface area contributed by atoms with E-state index in [4.69, 9.17) is 10.5 Å². The van der Waals surface area contributed by atoms with E-state index in [0.29, 0.717) is 13.0 Å². The van der Waals surface area contributed by atoms with Crippen molar-refractivity contribution in [3.05, 3.63) is 0 Å². The summed E-state index contributed by atoms with van der Waals surface area (Å²) < 4.78 is 42.6. The van der Waals surface area contributed by atoms with Crippen LogP contribution in [0.1, 0.15) is 32.6 Å². The fourth-order valence-electron chi connectivity index (χ4n) is 1.95. The first-order valence-electron chi connectivity index (χ1n) is 5.39. The summed E-state index contributed by atoms with van der Waals surface area (Å²) in [5.74, 6) is -1.24. The van der Waals surface area contributed by atoms with Gasteiger partial charge in [-0.2, -0.15) is 13.2 Å². The van der Waals surface area contributed by atoms with Crippen molar-refractivity contribution >= 4 is 0 Å². The van der Waals surface area contributed by atoms with E-state index in [1.807, 2.05) is 6.92 Å². The van der Waals surface area contributed by atoms with Crippen LogP contribution >= 0.6 is 0 Å². The highest BCUT2D eigenvalue weighted by molar-refractivity contribution is 4.86. The minimum Gasteiger partial charge on any atom is -0.377 e. The predicted molar refractivity (Wildman–Crippen MR) is 51.4 cm³/mol. The van der Waals surface area contributed by atoms with Crippen molar-refractivity contribution in [1.82, 2.24) is 0 Å². The molecule has 1 fully saturated rings. The van der Waals surface area contributed by atoms with Crippen LogP contribution in [0.25, 0.3) is 0 Å². The molecule has 2 nitrogen and oxygen atoms in total. The second-order valence-corrected chi connectivity index (χ2v) is 4.12. The van der Waals surface area contributed by atoms with E-state index >= 15 is 0 Å². The van der Waals surface area contributed by atoms with Crippen LogP contribution in [0.2, 0.25) is 0 Å². The van der Waals surface area contributed by atoms with Gasteiger partial charge in [-0.25, -0.2) is 0 Å². The van der Waals surface area contributed by atoms with Gasteiger partial charge in [0.05, 0.1) is 12.0 Å². The summed E-state index contributed by atoms with van der Waals surface area (Å²) in [7, 11) is 0. The average molecular weight is 225 g/mol. The molecule has 1 rings (SSSR count). The molecular weight excluding hydrogens is 207 g/mol. The van der Waals surface area contributed by atoms with Crippen LogP contribution in [-0.4, -0.2) is 24.9 Å². The number of ether oxygens (including phenoxy) is 1. The number of rotatable bonds is 3. The Morgan fingerprint density at radius 1 is 1.33 bits per heavy atom. The van der Waals surface area contributed by atoms with E-state index in [1.165, 1.54) is 0 Å². The second kappa shape index (κ2) is 5.16. The lowest BCUT2D eigenvalue weighted by atomic mass is 9.83. The summed E-state index contributed by atoms with van der Waals surface area (Å²) in [5.41, 5.74) is 5.68. The molecule has 0 aromatic heterocycles. The monoisotopic (exact) mass is 225 g/mol. The van der Waals surface area contributed by atoms with Gasteiger partial charge in [-0.1, -0.05) is 6.92 Å². The SMILES string of the molecule is CCCO[C@H]1CC[C@H](C(F)(F)F)C[C@@H]1N. The Morgan fingerprint density at radius 3 is 2.47 bits per heavy atom. The molecule has 1 aliphatic rings. The van der Waals surface area contributed by atoms with Gasteiger partial charge < -0.3 is 10.5 Å². The topological polar surface area (TPSA) is 35.2 Å². The van der Waals surface area contributed by atoms with E-state index in [0.717, 1.165) is 6.42 Å². The van der Waals surface area contributed by atoms with Gasteiger partial charge in [0, 0.05) is 12.6 Å². The van der Waals surface area contributed by atoms with Crippen molar-refractivity contribution in [3.8, 4) is 0 Å². The summed E-state index contributed by atoms with van der Waals surface area (Å²) >= 11 is 0. The third-order valence-corrected chi connectivity index (χ3v) is 2.83. The van der Waals surface area contributed by atoms with Crippen molar-refractivity contribution in [3.63, 3.8) is 0 Å². The summed E-state index contributed by atoms with van der Waals surface area (Å²) in [6.45, 7) is 2.54. The number of hydrogen-bond acceptors (Lipinski definition) is 2. The summed E-state index contributed by atoms with van der Waals surface area (Å²) in [6, 6.07) is -0.475. The molecule has 0 unspecified atom stereocenters. The lowest BCUT2D eigenvalue weighted by molar-refractivity contribution is -0.189. The third-order valence-electron chi connectivity index (χ3n) is 2.83.